The van der Waals surface area contributed by atoms with Crippen molar-refractivity contribution in [2.24, 2.45) is 4.99 Å². The molecule has 0 spiro atoms. The van der Waals surface area contributed by atoms with Crippen molar-refractivity contribution in [2.75, 3.05) is 45.2 Å². The number of guanidine groups is 1. The van der Waals surface area contributed by atoms with E-state index in [-0.39, 0.29) is 35.8 Å². The first-order valence-corrected chi connectivity index (χ1v) is 8.70. The van der Waals surface area contributed by atoms with E-state index in [1.165, 1.54) is 25.5 Å². The number of pyridine rings is 1. The van der Waals surface area contributed by atoms with Crippen LogP contribution in [0.2, 0.25) is 0 Å². The summed E-state index contributed by atoms with van der Waals surface area (Å²) in [5, 5.41) is 6.88. The maximum atomic E-state index is 13.9. The molecule has 25 heavy (non-hydrogen) atoms. The molecule has 8 heteroatoms. The van der Waals surface area contributed by atoms with E-state index in [4.69, 9.17) is 0 Å². The van der Waals surface area contributed by atoms with Gasteiger partial charge in [-0.3, -0.25) is 4.99 Å². The van der Waals surface area contributed by atoms with E-state index in [2.05, 4.69) is 32.6 Å². The zero-order chi connectivity index (χ0) is 16.9. The fourth-order valence-corrected chi connectivity index (χ4v) is 3.52. The van der Waals surface area contributed by atoms with Crippen molar-refractivity contribution < 1.29 is 4.39 Å². The Bertz CT molecular complexity index is 584. The van der Waals surface area contributed by atoms with E-state index in [0.29, 0.717) is 11.9 Å². The van der Waals surface area contributed by atoms with Gasteiger partial charge in [-0.05, 0) is 45.0 Å². The highest BCUT2D eigenvalue weighted by Gasteiger charge is 2.26. The lowest BCUT2D eigenvalue weighted by atomic mass is 10.2. The fraction of sp³-hybridized carbons (Fsp3) is 0.647. The van der Waals surface area contributed by atoms with Gasteiger partial charge in [0, 0.05) is 45.0 Å². The number of nitrogens with zero attached hydrogens (tertiary/aromatic N) is 4. The van der Waals surface area contributed by atoms with Crippen LogP contribution in [0.1, 0.15) is 19.3 Å². The van der Waals surface area contributed by atoms with E-state index in [0.717, 1.165) is 32.0 Å². The summed E-state index contributed by atoms with van der Waals surface area (Å²) in [5.74, 6) is 1.01. The van der Waals surface area contributed by atoms with Gasteiger partial charge in [0.2, 0.25) is 0 Å². The predicted octanol–water partition coefficient (Wildman–Crippen LogP) is 1.68. The number of anilines is 1. The van der Waals surface area contributed by atoms with Crippen LogP contribution in [-0.2, 0) is 0 Å². The number of aliphatic imine (C=N–C) groups is 1. The molecule has 1 aromatic rings. The Hall–Kier alpha value is -1.16. The molecule has 2 unspecified atom stereocenters. The second kappa shape index (κ2) is 9.51. The van der Waals surface area contributed by atoms with Gasteiger partial charge in [-0.1, -0.05) is 0 Å². The predicted molar refractivity (Wildman–Crippen MR) is 110 cm³/mol. The minimum Gasteiger partial charge on any atom is -0.355 e. The molecule has 6 nitrogen and oxygen atoms in total. The Kier molecular flexibility index (Phi) is 7.67. The number of aromatic nitrogens is 1. The molecule has 0 radical (unpaired) electrons. The van der Waals surface area contributed by atoms with E-state index in [9.17, 15) is 4.39 Å². The Morgan fingerprint density at radius 1 is 1.40 bits per heavy atom. The third-order valence-electron chi connectivity index (χ3n) is 4.97. The van der Waals surface area contributed by atoms with Crippen LogP contribution in [-0.4, -0.2) is 68.2 Å². The standard InChI is InChI=1S/C17H27FN6.HI/c1-19-17(21-11-14-5-4-9-23(14)2)22-13-7-10-24(12-13)16-15(18)6-3-8-20-16;/h3,6,8,13-14H,4-5,7,9-12H2,1-2H3,(H2,19,21,22);1H. The topological polar surface area (TPSA) is 55.8 Å². The summed E-state index contributed by atoms with van der Waals surface area (Å²) in [5.41, 5.74) is 0. The molecule has 2 atom stereocenters. The number of likely N-dealkylation sites (tertiary alicyclic amines) is 1. The summed E-state index contributed by atoms with van der Waals surface area (Å²) in [7, 11) is 3.96. The summed E-state index contributed by atoms with van der Waals surface area (Å²) in [4.78, 5) is 12.9. The van der Waals surface area contributed by atoms with Crippen molar-refractivity contribution in [3.63, 3.8) is 0 Å². The molecule has 140 valence electrons. The minimum atomic E-state index is -0.259. The number of likely N-dealkylation sites (N-methyl/N-ethyl adjacent to an activating group) is 1. The zero-order valence-electron chi connectivity index (χ0n) is 14.9. The van der Waals surface area contributed by atoms with Crippen LogP contribution in [0.25, 0.3) is 0 Å². The number of hydrogen-bond donors (Lipinski definition) is 2. The quantitative estimate of drug-likeness (QED) is 0.405. The molecule has 2 aliphatic rings. The van der Waals surface area contributed by atoms with Crippen LogP contribution < -0.4 is 15.5 Å². The van der Waals surface area contributed by atoms with Crippen LogP contribution in [0.3, 0.4) is 0 Å². The normalized spacial score (nSPS) is 24.3. The number of nitrogens with one attached hydrogen (secondary N) is 2. The molecule has 3 heterocycles. The van der Waals surface area contributed by atoms with Crippen LogP contribution in [0, 0.1) is 5.82 Å². The highest BCUT2D eigenvalue weighted by Crippen LogP contribution is 2.20. The van der Waals surface area contributed by atoms with Crippen molar-refractivity contribution in [1.82, 2.24) is 20.5 Å². The van der Waals surface area contributed by atoms with Crippen molar-refractivity contribution in [3.8, 4) is 0 Å². The van der Waals surface area contributed by atoms with Crippen molar-refractivity contribution >= 4 is 35.8 Å². The largest absolute Gasteiger partial charge is 0.355 e. The molecule has 0 aromatic carbocycles. The summed E-state index contributed by atoms with van der Waals surface area (Å²) in [6, 6.07) is 3.91. The lowest BCUT2D eigenvalue weighted by Crippen LogP contribution is -2.48. The number of hydrogen-bond acceptors (Lipinski definition) is 4. The van der Waals surface area contributed by atoms with Gasteiger partial charge in [0.25, 0.3) is 0 Å². The fourth-order valence-electron chi connectivity index (χ4n) is 3.52. The van der Waals surface area contributed by atoms with E-state index >= 15 is 0 Å². The van der Waals surface area contributed by atoms with E-state index < -0.39 is 0 Å². The maximum Gasteiger partial charge on any atom is 0.191 e. The monoisotopic (exact) mass is 462 g/mol. The van der Waals surface area contributed by atoms with Gasteiger partial charge in [-0.2, -0.15) is 0 Å². The highest BCUT2D eigenvalue weighted by molar-refractivity contribution is 14.0. The second-order valence-electron chi connectivity index (χ2n) is 6.61. The second-order valence-corrected chi connectivity index (χ2v) is 6.61. The van der Waals surface area contributed by atoms with Crippen LogP contribution in [0.15, 0.2) is 23.3 Å². The Morgan fingerprint density at radius 2 is 2.24 bits per heavy atom. The molecular formula is C17H28FIN6. The summed E-state index contributed by atoms with van der Waals surface area (Å²) >= 11 is 0. The molecule has 1 aromatic heterocycles. The SMILES string of the molecule is CN=C(NCC1CCCN1C)NC1CCN(c2ncccc2F)C1.I. The molecule has 2 saturated heterocycles. The summed E-state index contributed by atoms with van der Waals surface area (Å²) in [6.07, 6.45) is 5.08. The first-order valence-electron chi connectivity index (χ1n) is 8.70. The lowest BCUT2D eigenvalue weighted by molar-refractivity contribution is 0.309. The van der Waals surface area contributed by atoms with Gasteiger partial charge in [0.1, 0.15) is 0 Å². The average Bonchev–Trinajstić information content (AvgIpc) is 3.21. The van der Waals surface area contributed by atoms with Crippen molar-refractivity contribution in [1.29, 1.82) is 0 Å². The van der Waals surface area contributed by atoms with Gasteiger partial charge in [-0.15, -0.1) is 24.0 Å². The highest BCUT2D eigenvalue weighted by atomic mass is 127. The Labute approximate surface area is 166 Å². The smallest absolute Gasteiger partial charge is 0.191 e. The summed E-state index contributed by atoms with van der Waals surface area (Å²) < 4.78 is 13.9. The van der Waals surface area contributed by atoms with Crippen molar-refractivity contribution in [3.05, 3.63) is 24.1 Å². The van der Waals surface area contributed by atoms with Gasteiger partial charge in [0.05, 0.1) is 0 Å². The number of halogens is 2. The molecule has 0 bridgehead atoms. The molecule has 2 fully saturated rings. The lowest BCUT2D eigenvalue weighted by Gasteiger charge is -2.23. The number of rotatable bonds is 4. The molecule has 0 amide bonds. The maximum absolute atomic E-state index is 13.9. The molecule has 0 aliphatic carbocycles. The van der Waals surface area contributed by atoms with Crippen LogP contribution >= 0.6 is 24.0 Å². The first-order chi connectivity index (χ1) is 11.7. The van der Waals surface area contributed by atoms with Crippen molar-refractivity contribution in [2.45, 2.75) is 31.3 Å². The minimum absolute atomic E-state index is 0. The van der Waals surface area contributed by atoms with Crippen LogP contribution in [0.5, 0.6) is 0 Å². The molecule has 2 aliphatic heterocycles. The molecule has 0 saturated carbocycles. The Morgan fingerprint density at radius 3 is 2.92 bits per heavy atom. The first kappa shape index (κ1) is 20.2. The Balaban J connectivity index is 0.00000225. The van der Waals surface area contributed by atoms with Gasteiger partial charge < -0.3 is 20.4 Å². The molecule has 3 rings (SSSR count). The van der Waals surface area contributed by atoms with Gasteiger partial charge in [0.15, 0.2) is 17.6 Å². The van der Waals surface area contributed by atoms with Crippen LogP contribution in [0.4, 0.5) is 10.2 Å². The third kappa shape index (κ3) is 5.16. The molecule has 2 N–H and O–H groups in total. The molecular weight excluding hydrogens is 434 g/mol. The van der Waals surface area contributed by atoms with E-state index in [1.807, 2.05) is 4.90 Å². The van der Waals surface area contributed by atoms with Gasteiger partial charge in [-0.25, -0.2) is 9.37 Å². The van der Waals surface area contributed by atoms with E-state index in [1.54, 1.807) is 19.3 Å². The third-order valence-corrected chi connectivity index (χ3v) is 4.97. The van der Waals surface area contributed by atoms with Gasteiger partial charge >= 0.3 is 0 Å². The summed E-state index contributed by atoms with van der Waals surface area (Å²) in [6.45, 7) is 3.61. The average molecular weight is 462 g/mol. The zero-order valence-corrected chi connectivity index (χ0v) is 17.2.